The second kappa shape index (κ2) is 7.94. The largest absolute Gasteiger partial charge is 0.369 e. The van der Waals surface area contributed by atoms with Gasteiger partial charge in [0.25, 0.3) is 5.56 Å². The highest BCUT2D eigenvalue weighted by atomic mass is 79.9. The Kier molecular flexibility index (Phi) is 6.23. The van der Waals surface area contributed by atoms with E-state index < -0.39 is 0 Å². The number of piperidine rings is 1. The first-order valence-corrected chi connectivity index (χ1v) is 8.67. The molecule has 0 aromatic carbocycles. The number of halogens is 1. The molecule has 0 radical (unpaired) electrons. The summed E-state index contributed by atoms with van der Waals surface area (Å²) in [5.74, 6) is 0.691. The van der Waals surface area contributed by atoms with Gasteiger partial charge in [-0.15, -0.1) is 0 Å². The van der Waals surface area contributed by atoms with Crippen molar-refractivity contribution in [2.75, 3.05) is 31.1 Å². The number of rotatable bonds is 6. The van der Waals surface area contributed by atoms with Crippen molar-refractivity contribution in [3.05, 3.63) is 21.0 Å². The zero-order valence-electron chi connectivity index (χ0n) is 12.9. The second-order valence-corrected chi connectivity index (χ2v) is 6.40. The highest BCUT2D eigenvalue weighted by molar-refractivity contribution is 9.10. The molecule has 0 unspecified atom stereocenters. The first kappa shape index (κ1) is 16.5. The summed E-state index contributed by atoms with van der Waals surface area (Å²) in [6, 6.07) is 0. The van der Waals surface area contributed by atoms with E-state index in [-0.39, 0.29) is 5.56 Å². The lowest BCUT2D eigenvalue weighted by Gasteiger charge is -2.31. The van der Waals surface area contributed by atoms with E-state index in [0.29, 0.717) is 16.9 Å². The summed E-state index contributed by atoms with van der Waals surface area (Å²) >= 11 is 3.48. The highest BCUT2D eigenvalue weighted by Gasteiger charge is 2.19. The third-order valence-corrected chi connectivity index (χ3v) is 4.81. The van der Waals surface area contributed by atoms with Gasteiger partial charge in [-0.3, -0.25) is 4.79 Å². The molecule has 0 spiro atoms. The predicted molar refractivity (Wildman–Crippen MR) is 90.0 cm³/mol. The van der Waals surface area contributed by atoms with Crippen molar-refractivity contribution in [2.45, 2.75) is 39.7 Å². The van der Waals surface area contributed by atoms with Crippen molar-refractivity contribution in [3.63, 3.8) is 0 Å². The lowest BCUT2D eigenvalue weighted by atomic mass is 9.97. The smallest absolute Gasteiger partial charge is 0.283 e. The van der Waals surface area contributed by atoms with E-state index in [1.54, 1.807) is 0 Å². The van der Waals surface area contributed by atoms with E-state index in [0.717, 1.165) is 38.3 Å². The molecule has 1 saturated heterocycles. The van der Waals surface area contributed by atoms with Crippen LogP contribution >= 0.6 is 15.9 Å². The number of hydrogen-bond acceptors (Lipinski definition) is 4. The molecule has 0 saturated carbocycles. The Bertz CT molecular complexity index is 511. The summed E-state index contributed by atoms with van der Waals surface area (Å²) < 4.78 is 2.17. The molecule has 118 valence electrons. The summed E-state index contributed by atoms with van der Waals surface area (Å²) in [7, 11) is 0. The lowest BCUT2D eigenvalue weighted by molar-refractivity contribution is 0.374. The third kappa shape index (κ3) is 4.07. The van der Waals surface area contributed by atoms with E-state index in [2.05, 4.69) is 38.2 Å². The van der Waals surface area contributed by atoms with E-state index >= 15 is 0 Å². The van der Waals surface area contributed by atoms with Gasteiger partial charge in [-0.2, -0.15) is 5.10 Å². The van der Waals surface area contributed by atoms with E-state index in [1.165, 1.54) is 17.5 Å². The zero-order valence-corrected chi connectivity index (χ0v) is 14.5. The molecule has 0 atom stereocenters. The van der Waals surface area contributed by atoms with Gasteiger partial charge in [0.2, 0.25) is 0 Å². The average molecular weight is 357 g/mol. The van der Waals surface area contributed by atoms with Crippen molar-refractivity contribution in [2.24, 2.45) is 5.92 Å². The standard InChI is InChI=1S/C15H25BrN4O/c1-3-9-20-15(21)14(16)13(10-18-20)19(4-2)11-12-5-7-17-8-6-12/h10,12,17H,3-9,11H2,1-2H3. The molecule has 0 amide bonds. The first-order chi connectivity index (χ1) is 10.2. The monoisotopic (exact) mass is 356 g/mol. The van der Waals surface area contributed by atoms with Crippen molar-refractivity contribution < 1.29 is 0 Å². The van der Waals surface area contributed by atoms with Gasteiger partial charge in [-0.25, -0.2) is 4.68 Å². The van der Waals surface area contributed by atoms with Gasteiger partial charge < -0.3 is 10.2 Å². The molecule has 1 N–H and O–H groups in total. The molecule has 6 heteroatoms. The van der Waals surface area contributed by atoms with Crippen LogP contribution in [0, 0.1) is 5.92 Å². The molecular formula is C15H25BrN4O. The molecule has 2 rings (SSSR count). The van der Waals surface area contributed by atoms with Gasteiger partial charge in [0, 0.05) is 19.6 Å². The van der Waals surface area contributed by atoms with Crippen LogP contribution in [-0.2, 0) is 6.54 Å². The van der Waals surface area contributed by atoms with Crippen molar-refractivity contribution in [1.82, 2.24) is 15.1 Å². The number of aryl methyl sites for hydroxylation is 1. The Morgan fingerprint density at radius 2 is 2.14 bits per heavy atom. The van der Waals surface area contributed by atoms with Crippen LogP contribution in [0.3, 0.4) is 0 Å². The van der Waals surface area contributed by atoms with E-state index in [1.807, 2.05) is 13.1 Å². The Hall–Kier alpha value is -0.880. The fraction of sp³-hybridized carbons (Fsp3) is 0.733. The summed E-state index contributed by atoms with van der Waals surface area (Å²) in [5.41, 5.74) is 0.895. The second-order valence-electron chi connectivity index (χ2n) is 5.60. The van der Waals surface area contributed by atoms with Gasteiger partial charge in [-0.1, -0.05) is 6.92 Å². The Labute approximate surface area is 134 Å². The van der Waals surface area contributed by atoms with Crippen LogP contribution in [0.1, 0.15) is 33.1 Å². The summed E-state index contributed by atoms with van der Waals surface area (Å²) in [5, 5.41) is 7.71. The maximum atomic E-state index is 12.3. The quantitative estimate of drug-likeness (QED) is 0.849. The topological polar surface area (TPSA) is 50.2 Å². The van der Waals surface area contributed by atoms with E-state index in [9.17, 15) is 4.79 Å². The van der Waals surface area contributed by atoms with Crippen LogP contribution in [0.2, 0.25) is 0 Å². The fourth-order valence-corrected chi connectivity index (χ4v) is 3.38. The molecule has 21 heavy (non-hydrogen) atoms. The van der Waals surface area contributed by atoms with Crippen LogP contribution in [-0.4, -0.2) is 36.0 Å². The molecule has 1 fully saturated rings. The summed E-state index contributed by atoms with van der Waals surface area (Å²) in [6.45, 7) is 8.92. The number of nitrogens with one attached hydrogen (secondary N) is 1. The molecule has 1 aliphatic rings. The number of nitrogens with zero attached hydrogens (tertiary/aromatic N) is 3. The fourth-order valence-electron chi connectivity index (χ4n) is 2.82. The molecule has 1 aromatic rings. The minimum Gasteiger partial charge on any atom is -0.369 e. The minimum atomic E-state index is -0.0295. The van der Waals surface area contributed by atoms with Gasteiger partial charge in [0.1, 0.15) is 4.47 Å². The van der Waals surface area contributed by atoms with Crippen molar-refractivity contribution >= 4 is 21.6 Å². The molecule has 5 nitrogen and oxygen atoms in total. The molecule has 1 aromatic heterocycles. The normalized spacial score (nSPS) is 16.1. The van der Waals surface area contributed by atoms with Gasteiger partial charge in [0.15, 0.2) is 0 Å². The number of hydrogen-bond donors (Lipinski definition) is 1. The zero-order chi connectivity index (χ0) is 15.2. The first-order valence-electron chi connectivity index (χ1n) is 7.88. The van der Waals surface area contributed by atoms with Gasteiger partial charge in [0.05, 0.1) is 11.9 Å². The van der Waals surface area contributed by atoms with Crippen LogP contribution in [0.4, 0.5) is 5.69 Å². The summed E-state index contributed by atoms with van der Waals surface area (Å²) in [4.78, 5) is 14.6. The molecule has 0 bridgehead atoms. The Morgan fingerprint density at radius 1 is 1.43 bits per heavy atom. The van der Waals surface area contributed by atoms with Crippen molar-refractivity contribution in [1.29, 1.82) is 0 Å². The van der Waals surface area contributed by atoms with Crippen LogP contribution < -0.4 is 15.8 Å². The lowest BCUT2D eigenvalue weighted by Crippen LogP contribution is -2.37. The average Bonchev–Trinajstić information content (AvgIpc) is 2.51. The predicted octanol–water partition coefficient (Wildman–Crippen LogP) is 2.24. The Morgan fingerprint density at radius 3 is 2.76 bits per heavy atom. The minimum absolute atomic E-state index is 0.0295. The molecule has 0 aliphatic carbocycles. The highest BCUT2D eigenvalue weighted by Crippen LogP contribution is 2.24. The number of aromatic nitrogens is 2. The maximum Gasteiger partial charge on any atom is 0.283 e. The molecule has 1 aliphatic heterocycles. The van der Waals surface area contributed by atoms with E-state index in [4.69, 9.17) is 0 Å². The number of anilines is 1. The molecule has 2 heterocycles. The van der Waals surface area contributed by atoms with Gasteiger partial charge >= 0.3 is 0 Å². The van der Waals surface area contributed by atoms with Crippen molar-refractivity contribution in [3.8, 4) is 0 Å². The third-order valence-electron chi connectivity index (χ3n) is 4.06. The van der Waals surface area contributed by atoms with Crippen LogP contribution in [0.5, 0.6) is 0 Å². The summed E-state index contributed by atoms with van der Waals surface area (Å²) in [6.07, 6.45) is 5.14. The Balaban J connectivity index is 2.17. The van der Waals surface area contributed by atoms with Crippen LogP contribution in [0.25, 0.3) is 0 Å². The van der Waals surface area contributed by atoms with Gasteiger partial charge in [-0.05, 0) is 61.1 Å². The van der Waals surface area contributed by atoms with Crippen LogP contribution in [0.15, 0.2) is 15.5 Å². The molecular weight excluding hydrogens is 332 g/mol. The maximum absolute atomic E-state index is 12.3. The SMILES string of the molecule is CCCn1ncc(N(CC)CC2CCNCC2)c(Br)c1=O.